The second-order valence-electron chi connectivity index (χ2n) is 6.35. The van der Waals surface area contributed by atoms with E-state index < -0.39 is 10.8 Å². The Bertz CT molecular complexity index is 500. The molecular formula is C17H30IN3OS. The van der Waals surface area contributed by atoms with Crippen molar-refractivity contribution in [2.75, 3.05) is 25.9 Å². The van der Waals surface area contributed by atoms with Crippen LogP contribution in [0.5, 0.6) is 0 Å². The molecular weight excluding hydrogens is 421 g/mol. The van der Waals surface area contributed by atoms with Crippen molar-refractivity contribution in [3.8, 4) is 0 Å². The van der Waals surface area contributed by atoms with E-state index in [1.165, 1.54) is 5.56 Å². The molecule has 2 atom stereocenters. The number of hydrogen-bond acceptors (Lipinski definition) is 2. The first-order valence-corrected chi connectivity index (χ1v) is 9.04. The lowest BCUT2D eigenvalue weighted by Crippen LogP contribution is -2.41. The SMILES string of the molecule is CN=C(NCCS(=O)C(C)(C)C)NCC(C)c1ccccc1.I. The summed E-state index contributed by atoms with van der Waals surface area (Å²) >= 11 is 0. The second-order valence-corrected chi connectivity index (χ2v) is 8.68. The van der Waals surface area contributed by atoms with Gasteiger partial charge in [-0.3, -0.25) is 9.20 Å². The molecule has 0 spiro atoms. The van der Waals surface area contributed by atoms with E-state index in [1.54, 1.807) is 7.05 Å². The molecule has 23 heavy (non-hydrogen) atoms. The standard InChI is InChI=1S/C17H29N3OS.HI/c1-14(15-9-7-6-8-10-15)13-20-16(18-5)19-11-12-22(21)17(2,3)4;/h6-10,14H,11-13H2,1-5H3,(H2,18,19,20);1H. The summed E-state index contributed by atoms with van der Waals surface area (Å²) in [5, 5.41) is 6.55. The van der Waals surface area contributed by atoms with Gasteiger partial charge < -0.3 is 10.6 Å². The fraction of sp³-hybridized carbons (Fsp3) is 0.588. The smallest absolute Gasteiger partial charge is 0.191 e. The highest BCUT2D eigenvalue weighted by Gasteiger charge is 2.18. The summed E-state index contributed by atoms with van der Waals surface area (Å²) in [4.78, 5) is 4.21. The third-order valence-corrected chi connectivity index (χ3v) is 5.37. The molecule has 0 bridgehead atoms. The number of hydrogen-bond donors (Lipinski definition) is 2. The van der Waals surface area contributed by atoms with Crippen LogP contribution in [0, 0.1) is 0 Å². The maximum atomic E-state index is 12.0. The van der Waals surface area contributed by atoms with Crippen molar-refractivity contribution in [2.24, 2.45) is 4.99 Å². The Balaban J connectivity index is 0.00000484. The Morgan fingerprint density at radius 3 is 2.35 bits per heavy atom. The third kappa shape index (κ3) is 8.69. The summed E-state index contributed by atoms with van der Waals surface area (Å²) in [6, 6.07) is 10.4. The van der Waals surface area contributed by atoms with Crippen molar-refractivity contribution in [1.82, 2.24) is 10.6 Å². The van der Waals surface area contributed by atoms with E-state index in [-0.39, 0.29) is 28.7 Å². The predicted octanol–water partition coefficient (Wildman–Crippen LogP) is 3.12. The number of nitrogens with one attached hydrogen (secondary N) is 2. The molecule has 0 aromatic heterocycles. The van der Waals surface area contributed by atoms with Gasteiger partial charge in [-0.2, -0.15) is 0 Å². The largest absolute Gasteiger partial charge is 0.356 e. The fourth-order valence-electron chi connectivity index (χ4n) is 1.94. The summed E-state index contributed by atoms with van der Waals surface area (Å²) in [6.45, 7) is 9.65. The van der Waals surface area contributed by atoms with E-state index in [0.717, 1.165) is 12.5 Å². The lowest BCUT2D eigenvalue weighted by molar-refractivity contribution is 0.646. The summed E-state index contributed by atoms with van der Waals surface area (Å²) in [5.74, 6) is 1.79. The molecule has 132 valence electrons. The number of guanidine groups is 1. The first-order valence-electron chi connectivity index (χ1n) is 7.72. The van der Waals surface area contributed by atoms with E-state index in [4.69, 9.17) is 0 Å². The summed E-state index contributed by atoms with van der Waals surface area (Å²) in [7, 11) is 0.910. The maximum absolute atomic E-state index is 12.0. The van der Waals surface area contributed by atoms with E-state index >= 15 is 0 Å². The minimum absolute atomic E-state index is 0. The zero-order valence-corrected chi connectivity index (χ0v) is 17.9. The van der Waals surface area contributed by atoms with Gasteiger partial charge in [-0.1, -0.05) is 37.3 Å². The molecule has 0 heterocycles. The molecule has 2 unspecified atom stereocenters. The molecule has 0 saturated heterocycles. The molecule has 1 aromatic carbocycles. The van der Waals surface area contributed by atoms with Crippen LogP contribution in [0.15, 0.2) is 35.3 Å². The van der Waals surface area contributed by atoms with Crippen LogP contribution in [0.3, 0.4) is 0 Å². The zero-order chi connectivity index (χ0) is 16.6. The van der Waals surface area contributed by atoms with Gasteiger partial charge in [0, 0.05) is 41.4 Å². The minimum Gasteiger partial charge on any atom is -0.356 e. The highest BCUT2D eigenvalue weighted by Crippen LogP contribution is 2.13. The molecule has 0 aliphatic carbocycles. The molecule has 4 nitrogen and oxygen atoms in total. The van der Waals surface area contributed by atoms with Gasteiger partial charge in [-0.05, 0) is 32.3 Å². The molecule has 6 heteroatoms. The zero-order valence-electron chi connectivity index (χ0n) is 14.8. The molecule has 1 aromatic rings. The Morgan fingerprint density at radius 1 is 1.22 bits per heavy atom. The van der Waals surface area contributed by atoms with E-state index in [0.29, 0.717) is 18.2 Å². The summed E-state index contributed by atoms with van der Waals surface area (Å²) in [5.41, 5.74) is 1.30. The maximum Gasteiger partial charge on any atom is 0.191 e. The third-order valence-electron chi connectivity index (χ3n) is 3.43. The van der Waals surface area contributed by atoms with Crippen LogP contribution in [-0.2, 0) is 10.8 Å². The number of aliphatic imine (C=N–C) groups is 1. The van der Waals surface area contributed by atoms with Crippen LogP contribution in [0.4, 0.5) is 0 Å². The Kier molecular flexibility index (Phi) is 10.7. The van der Waals surface area contributed by atoms with E-state index in [1.807, 2.05) is 26.8 Å². The highest BCUT2D eigenvalue weighted by molar-refractivity contribution is 14.0. The average molecular weight is 451 g/mol. The quantitative estimate of drug-likeness (QED) is 0.397. The highest BCUT2D eigenvalue weighted by atomic mass is 127. The Labute approximate surface area is 160 Å². The molecule has 0 saturated carbocycles. The lowest BCUT2D eigenvalue weighted by atomic mass is 10.0. The van der Waals surface area contributed by atoms with Crippen LogP contribution in [-0.4, -0.2) is 40.8 Å². The van der Waals surface area contributed by atoms with Crippen molar-refractivity contribution >= 4 is 40.7 Å². The molecule has 1 rings (SSSR count). The fourth-order valence-corrected chi connectivity index (χ4v) is 2.84. The van der Waals surface area contributed by atoms with Gasteiger partial charge in [0.1, 0.15) is 0 Å². The second kappa shape index (κ2) is 11.0. The Hall–Kier alpha value is -0.630. The average Bonchev–Trinajstić information content (AvgIpc) is 2.50. The topological polar surface area (TPSA) is 53.5 Å². The van der Waals surface area contributed by atoms with Crippen LogP contribution < -0.4 is 10.6 Å². The molecule has 0 amide bonds. The van der Waals surface area contributed by atoms with Crippen LogP contribution in [0.25, 0.3) is 0 Å². The van der Waals surface area contributed by atoms with Crippen molar-refractivity contribution < 1.29 is 4.21 Å². The molecule has 0 aliphatic heterocycles. The molecule has 2 N–H and O–H groups in total. The number of benzene rings is 1. The number of nitrogens with zero attached hydrogens (tertiary/aromatic N) is 1. The lowest BCUT2D eigenvalue weighted by Gasteiger charge is -2.19. The van der Waals surface area contributed by atoms with Gasteiger partial charge in [0.25, 0.3) is 0 Å². The van der Waals surface area contributed by atoms with E-state index in [2.05, 4.69) is 46.8 Å². The van der Waals surface area contributed by atoms with Gasteiger partial charge in [0.2, 0.25) is 0 Å². The van der Waals surface area contributed by atoms with Crippen LogP contribution in [0.2, 0.25) is 0 Å². The molecule has 0 fully saturated rings. The molecule has 0 radical (unpaired) electrons. The number of rotatable bonds is 6. The van der Waals surface area contributed by atoms with Crippen molar-refractivity contribution in [3.63, 3.8) is 0 Å². The Morgan fingerprint density at radius 2 is 1.83 bits per heavy atom. The number of halogens is 1. The predicted molar refractivity (Wildman–Crippen MR) is 112 cm³/mol. The van der Waals surface area contributed by atoms with Gasteiger partial charge >= 0.3 is 0 Å². The van der Waals surface area contributed by atoms with Gasteiger partial charge in [-0.15, -0.1) is 24.0 Å². The minimum atomic E-state index is -0.843. The first kappa shape index (κ1) is 22.4. The monoisotopic (exact) mass is 451 g/mol. The normalized spacial score (nSPS) is 14.6. The molecule has 0 aliphatic rings. The van der Waals surface area contributed by atoms with E-state index in [9.17, 15) is 4.21 Å². The van der Waals surface area contributed by atoms with Gasteiger partial charge in [0.05, 0.1) is 0 Å². The summed E-state index contributed by atoms with van der Waals surface area (Å²) in [6.07, 6.45) is 0. The van der Waals surface area contributed by atoms with Crippen LogP contribution in [0.1, 0.15) is 39.2 Å². The van der Waals surface area contributed by atoms with Gasteiger partial charge in [0.15, 0.2) is 5.96 Å². The summed E-state index contributed by atoms with van der Waals surface area (Å²) < 4.78 is 11.8. The van der Waals surface area contributed by atoms with Crippen molar-refractivity contribution in [2.45, 2.75) is 38.4 Å². The van der Waals surface area contributed by atoms with Crippen molar-refractivity contribution in [1.29, 1.82) is 0 Å². The van der Waals surface area contributed by atoms with Crippen molar-refractivity contribution in [3.05, 3.63) is 35.9 Å². The first-order chi connectivity index (χ1) is 10.3. The van der Waals surface area contributed by atoms with Crippen LogP contribution >= 0.6 is 24.0 Å². The van der Waals surface area contributed by atoms with Gasteiger partial charge in [-0.25, -0.2) is 0 Å².